The van der Waals surface area contributed by atoms with Gasteiger partial charge in [-0.3, -0.25) is 0 Å². The molecule has 0 radical (unpaired) electrons. The van der Waals surface area contributed by atoms with Crippen LogP contribution in [0.3, 0.4) is 0 Å². The molecule has 0 saturated heterocycles. The van der Waals surface area contributed by atoms with Crippen LogP contribution in [0.2, 0.25) is 0 Å². The number of oxime groups is 1. The average Bonchev–Trinajstić information content (AvgIpc) is 2.66. The Balaban J connectivity index is 1.92. The van der Waals surface area contributed by atoms with Crippen molar-refractivity contribution in [3.8, 4) is 0 Å². The van der Waals surface area contributed by atoms with Crippen LogP contribution in [0, 0.1) is 11.8 Å². The Hall–Kier alpha value is -1.06. The molecule has 0 aromatic heterocycles. The lowest BCUT2D eigenvalue weighted by molar-refractivity contribution is -0.148. The van der Waals surface area contributed by atoms with Gasteiger partial charge in [0.1, 0.15) is 0 Å². The SMILES string of the molecule is C[C@@H]1CCC[C@H](C2=NO[C@@H](C(=O)O)C2)C1. The highest BCUT2D eigenvalue weighted by Crippen LogP contribution is 2.32. The normalized spacial score (nSPS) is 35.8. The zero-order chi connectivity index (χ0) is 10.8. The number of hydrogen-bond donors (Lipinski definition) is 1. The molecule has 0 aromatic rings. The Bertz CT molecular complexity index is 288. The molecule has 0 amide bonds. The zero-order valence-corrected chi connectivity index (χ0v) is 8.98. The smallest absolute Gasteiger partial charge is 0.348 e. The quantitative estimate of drug-likeness (QED) is 0.760. The van der Waals surface area contributed by atoms with Crippen LogP contribution in [0.1, 0.15) is 39.0 Å². The monoisotopic (exact) mass is 211 g/mol. The summed E-state index contributed by atoms with van der Waals surface area (Å²) in [6, 6.07) is 0. The summed E-state index contributed by atoms with van der Waals surface area (Å²) in [6.07, 6.45) is 4.52. The van der Waals surface area contributed by atoms with Crippen molar-refractivity contribution >= 4 is 11.7 Å². The molecule has 4 nitrogen and oxygen atoms in total. The number of nitrogens with zero attached hydrogens (tertiary/aromatic N) is 1. The van der Waals surface area contributed by atoms with Crippen molar-refractivity contribution < 1.29 is 14.7 Å². The van der Waals surface area contributed by atoms with E-state index in [1.54, 1.807) is 0 Å². The van der Waals surface area contributed by atoms with Gasteiger partial charge in [0.25, 0.3) is 0 Å². The van der Waals surface area contributed by atoms with Gasteiger partial charge in [0.15, 0.2) is 0 Å². The van der Waals surface area contributed by atoms with Crippen LogP contribution in [-0.4, -0.2) is 22.9 Å². The third kappa shape index (κ3) is 2.30. The molecule has 2 aliphatic rings. The molecule has 15 heavy (non-hydrogen) atoms. The third-order valence-electron chi connectivity index (χ3n) is 3.37. The minimum atomic E-state index is -0.905. The minimum absolute atomic E-state index is 0.457. The first-order chi connectivity index (χ1) is 7.16. The van der Waals surface area contributed by atoms with Gasteiger partial charge in [0, 0.05) is 12.3 Å². The van der Waals surface area contributed by atoms with E-state index in [0.717, 1.165) is 24.5 Å². The van der Waals surface area contributed by atoms with Crippen LogP contribution in [-0.2, 0) is 9.63 Å². The average molecular weight is 211 g/mol. The molecule has 0 spiro atoms. The van der Waals surface area contributed by atoms with E-state index in [9.17, 15) is 4.79 Å². The molecule has 1 fully saturated rings. The number of aliphatic carboxylic acids is 1. The van der Waals surface area contributed by atoms with Gasteiger partial charge in [0.2, 0.25) is 6.10 Å². The molecule has 1 aliphatic heterocycles. The van der Waals surface area contributed by atoms with Crippen LogP contribution < -0.4 is 0 Å². The first-order valence-corrected chi connectivity index (χ1v) is 5.62. The molecule has 1 N–H and O–H groups in total. The summed E-state index contributed by atoms with van der Waals surface area (Å²) in [6.45, 7) is 2.25. The van der Waals surface area contributed by atoms with Gasteiger partial charge >= 0.3 is 5.97 Å². The van der Waals surface area contributed by atoms with Gasteiger partial charge in [0.05, 0.1) is 5.71 Å². The van der Waals surface area contributed by atoms with Crippen LogP contribution >= 0.6 is 0 Å². The Kier molecular flexibility index (Phi) is 2.93. The fraction of sp³-hybridized carbons (Fsp3) is 0.818. The van der Waals surface area contributed by atoms with Gasteiger partial charge in [-0.15, -0.1) is 0 Å². The summed E-state index contributed by atoms with van der Waals surface area (Å²) in [4.78, 5) is 15.6. The van der Waals surface area contributed by atoms with Crippen LogP contribution in [0.25, 0.3) is 0 Å². The molecule has 0 bridgehead atoms. The van der Waals surface area contributed by atoms with E-state index in [-0.39, 0.29) is 0 Å². The van der Waals surface area contributed by atoms with Crippen molar-refractivity contribution in [2.45, 2.75) is 45.1 Å². The largest absolute Gasteiger partial charge is 0.478 e. The van der Waals surface area contributed by atoms with E-state index in [4.69, 9.17) is 9.94 Å². The molecule has 2 rings (SSSR count). The second kappa shape index (κ2) is 4.21. The van der Waals surface area contributed by atoms with Gasteiger partial charge in [-0.05, 0) is 18.8 Å². The summed E-state index contributed by atoms with van der Waals surface area (Å²) in [7, 11) is 0. The maximum absolute atomic E-state index is 10.7. The lowest BCUT2D eigenvalue weighted by Gasteiger charge is -2.25. The van der Waals surface area contributed by atoms with Crippen molar-refractivity contribution in [3.63, 3.8) is 0 Å². The van der Waals surface area contributed by atoms with Gasteiger partial charge < -0.3 is 9.94 Å². The number of hydrogen-bond acceptors (Lipinski definition) is 3. The lowest BCUT2D eigenvalue weighted by atomic mass is 9.79. The summed E-state index contributed by atoms with van der Waals surface area (Å²) in [5.41, 5.74) is 0.967. The van der Waals surface area contributed by atoms with Gasteiger partial charge in [-0.2, -0.15) is 0 Å². The topological polar surface area (TPSA) is 58.9 Å². The van der Waals surface area contributed by atoms with Crippen molar-refractivity contribution in [3.05, 3.63) is 0 Å². The fourth-order valence-electron chi connectivity index (χ4n) is 2.51. The highest BCUT2D eigenvalue weighted by molar-refractivity contribution is 5.92. The highest BCUT2D eigenvalue weighted by atomic mass is 16.7. The molecule has 1 aliphatic carbocycles. The molecule has 3 atom stereocenters. The van der Waals surface area contributed by atoms with E-state index >= 15 is 0 Å². The number of carboxylic acids is 1. The van der Waals surface area contributed by atoms with Crippen molar-refractivity contribution in [2.75, 3.05) is 0 Å². The van der Waals surface area contributed by atoms with E-state index in [0.29, 0.717) is 12.3 Å². The van der Waals surface area contributed by atoms with Crippen LogP contribution in [0.4, 0.5) is 0 Å². The predicted octanol–water partition coefficient (Wildman–Crippen LogP) is 2.04. The van der Waals surface area contributed by atoms with Crippen molar-refractivity contribution in [1.82, 2.24) is 0 Å². The standard InChI is InChI=1S/C11H17NO3/c1-7-3-2-4-8(5-7)9-6-10(11(13)14)15-12-9/h7-8,10H,2-6H2,1H3,(H,13,14)/t7-,8+,10-/m1/s1. The first-order valence-electron chi connectivity index (χ1n) is 5.62. The highest BCUT2D eigenvalue weighted by Gasteiger charge is 2.33. The number of rotatable bonds is 2. The van der Waals surface area contributed by atoms with E-state index in [2.05, 4.69) is 12.1 Å². The molecular formula is C11H17NO3. The molecule has 1 heterocycles. The van der Waals surface area contributed by atoms with E-state index < -0.39 is 12.1 Å². The predicted molar refractivity (Wildman–Crippen MR) is 55.7 cm³/mol. The van der Waals surface area contributed by atoms with Gasteiger partial charge in [-0.25, -0.2) is 4.79 Å². The number of carboxylic acid groups (broad SMARTS) is 1. The van der Waals surface area contributed by atoms with Crippen LogP contribution in [0.15, 0.2) is 5.16 Å². The molecule has 0 unspecified atom stereocenters. The van der Waals surface area contributed by atoms with E-state index in [1.165, 1.54) is 12.8 Å². The van der Waals surface area contributed by atoms with Gasteiger partial charge in [-0.1, -0.05) is 24.9 Å². The van der Waals surface area contributed by atoms with E-state index in [1.807, 2.05) is 0 Å². The maximum atomic E-state index is 10.7. The number of carbonyl (C=O) groups is 1. The maximum Gasteiger partial charge on any atom is 0.348 e. The first kappa shape index (κ1) is 10.5. The lowest BCUT2D eigenvalue weighted by Crippen LogP contribution is -2.25. The summed E-state index contributed by atoms with van der Waals surface area (Å²) >= 11 is 0. The Morgan fingerprint density at radius 2 is 2.33 bits per heavy atom. The molecule has 4 heteroatoms. The minimum Gasteiger partial charge on any atom is -0.478 e. The molecule has 1 saturated carbocycles. The zero-order valence-electron chi connectivity index (χ0n) is 8.98. The Morgan fingerprint density at radius 1 is 1.53 bits per heavy atom. The fourth-order valence-corrected chi connectivity index (χ4v) is 2.51. The van der Waals surface area contributed by atoms with Crippen molar-refractivity contribution in [1.29, 1.82) is 0 Å². The molecular weight excluding hydrogens is 194 g/mol. The Labute approximate surface area is 89.3 Å². The Morgan fingerprint density at radius 3 is 2.93 bits per heavy atom. The molecule has 84 valence electrons. The summed E-state index contributed by atoms with van der Waals surface area (Å²) < 4.78 is 0. The summed E-state index contributed by atoms with van der Waals surface area (Å²) in [5.74, 6) is 0.283. The summed E-state index contributed by atoms with van der Waals surface area (Å²) in [5, 5.41) is 12.7. The second-order valence-electron chi connectivity index (χ2n) is 4.69. The van der Waals surface area contributed by atoms with Crippen molar-refractivity contribution in [2.24, 2.45) is 17.0 Å². The molecule has 0 aromatic carbocycles. The third-order valence-corrected chi connectivity index (χ3v) is 3.37. The van der Waals surface area contributed by atoms with Crippen LogP contribution in [0.5, 0.6) is 0 Å². The second-order valence-corrected chi connectivity index (χ2v) is 4.69.